The van der Waals surface area contributed by atoms with Gasteiger partial charge in [0.1, 0.15) is 5.82 Å². The predicted molar refractivity (Wildman–Crippen MR) is 101 cm³/mol. The second kappa shape index (κ2) is 8.52. The van der Waals surface area contributed by atoms with E-state index < -0.39 is 0 Å². The van der Waals surface area contributed by atoms with Gasteiger partial charge >= 0.3 is 0 Å². The highest BCUT2D eigenvalue weighted by atomic mass is 32.2. The van der Waals surface area contributed by atoms with E-state index in [0.717, 1.165) is 38.2 Å². The van der Waals surface area contributed by atoms with Gasteiger partial charge in [0.2, 0.25) is 11.1 Å². The van der Waals surface area contributed by atoms with Gasteiger partial charge in [0, 0.05) is 19.0 Å². The SMILES string of the molecule is CC(C)c1nc(SCC(=O)N2CCC(Cc3ccccc3)CC2)n[nH]1. The molecule has 0 atom stereocenters. The van der Waals surface area contributed by atoms with Crippen LogP contribution in [-0.2, 0) is 11.2 Å². The molecule has 0 saturated carbocycles. The molecule has 1 fully saturated rings. The molecule has 0 aliphatic carbocycles. The molecule has 5 nitrogen and oxygen atoms in total. The molecule has 134 valence electrons. The average Bonchev–Trinajstić information content (AvgIpc) is 3.11. The molecular formula is C19H26N4OS. The fourth-order valence-electron chi connectivity index (χ4n) is 3.13. The van der Waals surface area contributed by atoms with Crippen LogP contribution < -0.4 is 0 Å². The highest BCUT2D eigenvalue weighted by molar-refractivity contribution is 7.99. The van der Waals surface area contributed by atoms with Crippen LogP contribution in [0, 0.1) is 5.92 Å². The molecule has 3 rings (SSSR count). The summed E-state index contributed by atoms with van der Waals surface area (Å²) in [5, 5.41) is 7.76. The minimum Gasteiger partial charge on any atom is -0.342 e. The monoisotopic (exact) mass is 358 g/mol. The van der Waals surface area contributed by atoms with Gasteiger partial charge in [0.05, 0.1) is 5.75 Å². The Hall–Kier alpha value is -1.82. The first-order chi connectivity index (χ1) is 12.1. The van der Waals surface area contributed by atoms with E-state index in [1.165, 1.54) is 17.3 Å². The van der Waals surface area contributed by atoms with Crippen molar-refractivity contribution in [2.45, 2.75) is 44.2 Å². The third-order valence-corrected chi connectivity index (χ3v) is 5.52. The lowest BCUT2D eigenvalue weighted by Gasteiger charge is -2.32. The first-order valence-corrected chi connectivity index (χ1v) is 9.97. The van der Waals surface area contributed by atoms with Crippen LogP contribution in [0.5, 0.6) is 0 Å². The second-order valence-corrected chi connectivity index (χ2v) is 7.90. The standard InChI is InChI=1S/C19H26N4OS/c1-14(2)18-20-19(22-21-18)25-13-17(24)23-10-8-16(9-11-23)12-15-6-4-3-5-7-15/h3-7,14,16H,8-13H2,1-2H3,(H,20,21,22). The summed E-state index contributed by atoms with van der Waals surface area (Å²) in [7, 11) is 0. The number of hydrogen-bond acceptors (Lipinski definition) is 4. The largest absolute Gasteiger partial charge is 0.342 e. The summed E-state index contributed by atoms with van der Waals surface area (Å²) in [6.07, 6.45) is 3.29. The molecule has 6 heteroatoms. The summed E-state index contributed by atoms with van der Waals surface area (Å²) in [5.41, 5.74) is 1.40. The number of piperidine rings is 1. The number of carbonyl (C=O) groups is 1. The molecule has 0 radical (unpaired) electrons. The van der Waals surface area contributed by atoms with E-state index in [1.807, 2.05) is 4.90 Å². The van der Waals surface area contributed by atoms with Crippen molar-refractivity contribution >= 4 is 17.7 Å². The van der Waals surface area contributed by atoms with Gasteiger partial charge in [-0.25, -0.2) is 4.98 Å². The average molecular weight is 359 g/mol. The lowest BCUT2D eigenvalue weighted by molar-refractivity contribution is -0.129. The van der Waals surface area contributed by atoms with E-state index in [0.29, 0.717) is 22.7 Å². The zero-order chi connectivity index (χ0) is 17.6. The Bertz CT molecular complexity index is 678. The molecule has 0 spiro atoms. The summed E-state index contributed by atoms with van der Waals surface area (Å²) in [5.74, 6) is 2.48. The number of aromatic nitrogens is 3. The molecule has 1 aliphatic rings. The summed E-state index contributed by atoms with van der Waals surface area (Å²) in [6, 6.07) is 10.6. The lowest BCUT2D eigenvalue weighted by Crippen LogP contribution is -2.39. The summed E-state index contributed by atoms with van der Waals surface area (Å²) in [4.78, 5) is 18.8. The van der Waals surface area contributed by atoms with Crippen molar-refractivity contribution < 1.29 is 4.79 Å². The molecule has 1 aromatic carbocycles. The van der Waals surface area contributed by atoms with E-state index in [4.69, 9.17) is 0 Å². The van der Waals surface area contributed by atoms with E-state index in [2.05, 4.69) is 59.4 Å². The molecule has 0 bridgehead atoms. The Kier molecular flexibility index (Phi) is 6.13. The highest BCUT2D eigenvalue weighted by Gasteiger charge is 2.23. The van der Waals surface area contributed by atoms with E-state index in [9.17, 15) is 4.79 Å². The summed E-state index contributed by atoms with van der Waals surface area (Å²) in [6.45, 7) is 5.86. The minimum atomic E-state index is 0.194. The number of nitrogens with zero attached hydrogens (tertiary/aromatic N) is 3. The number of carbonyl (C=O) groups excluding carboxylic acids is 1. The molecule has 0 unspecified atom stereocenters. The normalized spacial score (nSPS) is 15.7. The molecule has 2 heterocycles. The van der Waals surface area contributed by atoms with Gasteiger partial charge in [0.25, 0.3) is 0 Å². The number of hydrogen-bond donors (Lipinski definition) is 1. The predicted octanol–water partition coefficient (Wildman–Crippen LogP) is 3.50. The maximum Gasteiger partial charge on any atom is 0.233 e. The first kappa shape index (κ1) is 18.0. The molecule has 25 heavy (non-hydrogen) atoms. The van der Waals surface area contributed by atoms with Gasteiger partial charge in [-0.05, 0) is 30.7 Å². The maximum atomic E-state index is 12.4. The van der Waals surface area contributed by atoms with E-state index in [1.54, 1.807) is 0 Å². The fourth-order valence-corrected chi connectivity index (χ4v) is 3.84. The lowest BCUT2D eigenvalue weighted by atomic mass is 9.90. The van der Waals surface area contributed by atoms with Gasteiger partial charge in [-0.15, -0.1) is 5.10 Å². The maximum absolute atomic E-state index is 12.4. The van der Waals surface area contributed by atoms with Gasteiger partial charge in [-0.1, -0.05) is 55.9 Å². The Morgan fingerprint density at radius 2 is 2.00 bits per heavy atom. The van der Waals surface area contributed by atoms with Crippen LogP contribution in [0.4, 0.5) is 0 Å². The van der Waals surface area contributed by atoms with Crippen LogP contribution in [0.1, 0.15) is 44.0 Å². The van der Waals surface area contributed by atoms with Crippen molar-refractivity contribution in [3.05, 3.63) is 41.7 Å². The Balaban J connectivity index is 1.42. The Morgan fingerprint density at radius 1 is 1.28 bits per heavy atom. The van der Waals surface area contributed by atoms with Crippen LogP contribution in [0.15, 0.2) is 35.5 Å². The van der Waals surface area contributed by atoms with Crippen LogP contribution in [-0.4, -0.2) is 44.8 Å². The van der Waals surface area contributed by atoms with Crippen molar-refractivity contribution in [2.75, 3.05) is 18.8 Å². The quantitative estimate of drug-likeness (QED) is 0.803. The molecule has 2 aromatic rings. The number of nitrogens with one attached hydrogen (secondary N) is 1. The van der Waals surface area contributed by atoms with Crippen LogP contribution in [0.2, 0.25) is 0 Å². The minimum absolute atomic E-state index is 0.194. The molecule has 1 amide bonds. The van der Waals surface area contributed by atoms with Gasteiger partial charge in [-0.3, -0.25) is 9.89 Å². The number of rotatable bonds is 6. The zero-order valence-electron chi connectivity index (χ0n) is 14.9. The number of likely N-dealkylation sites (tertiary alicyclic amines) is 1. The van der Waals surface area contributed by atoms with Gasteiger partial charge in [0.15, 0.2) is 0 Å². The zero-order valence-corrected chi connectivity index (χ0v) is 15.8. The first-order valence-electron chi connectivity index (χ1n) is 8.98. The number of benzene rings is 1. The summed E-state index contributed by atoms with van der Waals surface area (Å²) < 4.78 is 0. The molecule has 1 N–H and O–H groups in total. The Morgan fingerprint density at radius 3 is 2.64 bits per heavy atom. The van der Waals surface area contributed by atoms with Crippen molar-refractivity contribution in [3.63, 3.8) is 0 Å². The third-order valence-electron chi connectivity index (χ3n) is 4.69. The van der Waals surface area contributed by atoms with E-state index >= 15 is 0 Å². The molecule has 1 saturated heterocycles. The van der Waals surface area contributed by atoms with Gasteiger partial charge in [-0.2, -0.15) is 0 Å². The van der Waals surface area contributed by atoms with Crippen LogP contribution in [0.3, 0.4) is 0 Å². The van der Waals surface area contributed by atoms with E-state index in [-0.39, 0.29) is 5.91 Å². The van der Waals surface area contributed by atoms with Crippen molar-refractivity contribution in [1.29, 1.82) is 0 Å². The highest BCUT2D eigenvalue weighted by Crippen LogP contribution is 2.23. The second-order valence-electron chi connectivity index (χ2n) is 6.96. The number of aromatic amines is 1. The Labute approximate surface area is 153 Å². The van der Waals surface area contributed by atoms with Gasteiger partial charge < -0.3 is 4.90 Å². The molecule has 1 aliphatic heterocycles. The van der Waals surface area contributed by atoms with Crippen molar-refractivity contribution in [1.82, 2.24) is 20.1 Å². The third kappa shape index (κ3) is 5.08. The number of thioether (sulfide) groups is 1. The number of amides is 1. The fraction of sp³-hybridized carbons (Fsp3) is 0.526. The van der Waals surface area contributed by atoms with Crippen LogP contribution >= 0.6 is 11.8 Å². The molecule has 1 aromatic heterocycles. The molecular weight excluding hydrogens is 332 g/mol. The van der Waals surface area contributed by atoms with Crippen LogP contribution in [0.25, 0.3) is 0 Å². The van der Waals surface area contributed by atoms with Crippen molar-refractivity contribution in [2.24, 2.45) is 5.92 Å². The number of H-pyrrole nitrogens is 1. The topological polar surface area (TPSA) is 61.9 Å². The van der Waals surface area contributed by atoms with Crippen molar-refractivity contribution in [3.8, 4) is 0 Å². The smallest absolute Gasteiger partial charge is 0.233 e. The summed E-state index contributed by atoms with van der Waals surface area (Å²) >= 11 is 1.42.